The van der Waals surface area contributed by atoms with Crippen molar-refractivity contribution in [3.05, 3.63) is 24.0 Å². The topological polar surface area (TPSA) is 32.9 Å². The largest absolute Gasteiger partial charge is 0.359 e. The van der Waals surface area contributed by atoms with Crippen LogP contribution in [0.4, 0.5) is 0 Å². The van der Waals surface area contributed by atoms with E-state index < -0.39 is 0 Å². The summed E-state index contributed by atoms with van der Waals surface area (Å²) in [5.41, 5.74) is 0.750. The maximum Gasteiger partial charge on any atom is 0.178 e. The van der Waals surface area contributed by atoms with Gasteiger partial charge in [0, 0.05) is 12.6 Å². The Labute approximate surface area is 85.7 Å². The predicted octanol–water partition coefficient (Wildman–Crippen LogP) is 3.56. The van der Waals surface area contributed by atoms with Crippen LogP contribution < -0.4 is 0 Å². The van der Waals surface area contributed by atoms with Gasteiger partial charge in [-0.15, -0.1) is 0 Å². The minimum Gasteiger partial charge on any atom is -0.359 e. The van der Waals surface area contributed by atoms with Crippen molar-refractivity contribution in [1.82, 2.24) is 4.98 Å². The summed E-state index contributed by atoms with van der Waals surface area (Å²) in [4.78, 5) is 14.4. The average molecular weight is 193 g/mol. The monoisotopic (exact) mass is 193 g/mol. The first-order valence-corrected chi connectivity index (χ1v) is 5.51. The lowest BCUT2D eigenvalue weighted by Gasteiger charge is -1.98. The first kappa shape index (κ1) is 11.0. The Balaban J connectivity index is 2.10. The van der Waals surface area contributed by atoms with Crippen LogP contribution in [0.15, 0.2) is 18.3 Å². The van der Waals surface area contributed by atoms with Gasteiger partial charge >= 0.3 is 0 Å². The number of unbranched alkanes of at least 4 members (excludes halogenated alkanes) is 4. The van der Waals surface area contributed by atoms with Crippen LogP contribution in [0, 0.1) is 0 Å². The molecular formula is C12H19NO. The lowest BCUT2D eigenvalue weighted by atomic mass is 10.1. The van der Waals surface area contributed by atoms with E-state index in [1.165, 1.54) is 25.7 Å². The fraction of sp³-hybridized carbons (Fsp3) is 0.583. The highest BCUT2D eigenvalue weighted by Gasteiger charge is 2.04. The summed E-state index contributed by atoms with van der Waals surface area (Å²) in [7, 11) is 0. The maximum atomic E-state index is 11.5. The maximum absolute atomic E-state index is 11.5. The predicted molar refractivity (Wildman–Crippen MR) is 58.5 cm³/mol. The first-order valence-electron chi connectivity index (χ1n) is 5.51. The number of Topliss-reactive ketones (excluding diaryl/α,β-unsaturated/α-hetero) is 1. The van der Waals surface area contributed by atoms with E-state index in [1.807, 2.05) is 12.1 Å². The molecule has 0 aromatic carbocycles. The van der Waals surface area contributed by atoms with Crippen molar-refractivity contribution in [2.75, 3.05) is 0 Å². The van der Waals surface area contributed by atoms with Gasteiger partial charge in [0.25, 0.3) is 0 Å². The van der Waals surface area contributed by atoms with E-state index in [-0.39, 0.29) is 5.78 Å². The van der Waals surface area contributed by atoms with E-state index in [9.17, 15) is 4.79 Å². The van der Waals surface area contributed by atoms with E-state index >= 15 is 0 Å². The van der Waals surface area contributed by atoms with Gasteiger partial charge in [0.2, 0.25) is 0 Å². The fourth-order valence-electron chi connectivity index (χ4n) is 1.53. The molecule has 1 N–H and O–H groups in total. The minimum absolute atomic E-state index is 0.242. The number of carbonyl (C=O) groups is 1. The third-order valence-corrected chi connectivity index (χ3v) is 2.41. The van der Waals surface area contributed by atoms with Crippen molar-refractivity contribution in [3.63, 3.8) is 0 Å². The smallest absolute Gasteiger partial charge is 0.178 e. The third kappa shape index (κ3) is 3.77. The highest BCUT2D eigenvalue weighted by molar-refractivity contribution is 5.94. The van der Waals surface area contributed by atoms with Gasteiger partial charge in [-0.05, 0) is 18.6 Å². The molecule has 0 aliphatic rings. The summed E-state index contributed by atoms with van der Waals surface area (Å²) in [6.07, 6.45) is 8.49. The van der Waals surface area contributed by atoms with Crippen LogP contribution in [0.2, 0.25) is 0 Å². The molecule has 0 spiro atoms. The summed E-state index contributed by atoms with van der Waals surface area (Å²) in [6, 6.07) is 3.71. The lowest BCUT2D eigenvalue weighted by molar-refractivity contribution is 0.0975. The first-order chi connectivity index (χ1) is 6.84. The van der Waals surface area contributed by atoms with Gasteiger partial charge in [0.1, 0.15) is 0 Å². The molecule has 1 rings (SSSR count). The lowest BCUT2D eigenvalue weighted by Crippen LogP contribution is -1.98. The van der Waals surface area contributed by atoms with Crippen LogP contribution in [-0.2, 0) is 0 Å². The van der Waals surface area contributed by atoms with Gasteiger partial charge in [0.15, 0.2) is 5.78 Å². The number of rotatable bonds is 7. The van der Waals surface area contributed by atoms with Crippen molar-refractivity contribution in [2.24, 2.45) is 0 Å². The highest BCUT2D eigenvalue weighted by Crippen LogP contribution is 2.08. The molecule has 2 heteroatoms. The van der Waals surface area contributed by atoms with Gasteiger partial charge in [-0.2, -0.15) is 0 Å². The molecule has 0 unspecified atom stereocenters. The SMILES string of the molecule is CCCCCCCC(=O)c1ccc[nH]1. The molecule has 0 aliphatic carbocycles. The molecule has 0 aliphatic heterocycles. The Kier molecular flexibility index (Phi) is 5.05. The van der Waals surface area contributed by atoms with E-state index in [1.54, 1.807) is 6.20 Å². The minimum atomic E-state index is 0.242. The number of H-pyrrole nitrogens is 1. The molecule has 0 atom stereocenters. The van der Waals surface area contributed by atoms with E-state index in [0.29, 0.717) is 6.42 Å². The number of aromatic amines is 1. The molecule has 1 aromatic rings. The van der Waals surface area contributed by atoms with Gasteiger partial charge in [-0.3, -0.25) is 4.79 Å². The highest BCUT2D eigenvalue weighted by atomic mass is 16.1. The molecule has 78 valence electrons. The Morgan fingerprint density at radius 1 is 1.29 bits per heavy atom. The second-order valence-electron chi connectivity index (χ2n) is 3.67. The number of hydrogen-bond donors (Lipinski definition) is 1. The van der Waals surface area contributed by atoms with Gasteiger partial charge in [-0.1, -0.05) is 32.6 Å². The van der Waals surface area contributed by atoms with Gasteiger partial charge < -0.3 is 4.98 Å². The van der Waals surface area contributed by atoms with Crippen molar-refractivity contribution in [3.8, 4) is 0 Å². The van der Waals surface area contributed by atoms with Crippen LogP contribution in [0.25, 0.3) is 0 Å². The molecule has 0 bridgehead atoms. The van der Waals surface area contributed by atoms with Crippen LogP contribution in [0.1, 0.15) is 55.9 Å². The number of hydrogen-bond acceptors (Lipinski definition) is 1. The zero-order valence-corrected chi connectivity index (χ0v) is 8.88. The number of carbonyl (C=O) groups excluding carboxylic acids is 1. The fourth-order valence-corrected chi connectivity index (χ4v) is 1.53. The quantitative estimate of drug-likeness (QED) is 0.521. The molecule has 2 nitrogen and oxygen atoms in total. The summed E-state index contributed by atoms with van der Waals surface area (Å²) < 4.78 is 0. The zero-order chi connectivity index (χ0) is 10.2. The van der Waals surface area contributed by atoms with Crippen LogP contribution >= 0.6 is 0 Å². The number of aromatic nitrogens is 1. The molecule has 0 fully saturated rings. The van der Waals surface area contributed by atoms with Gasteiger partial charge in [0.05, 0.1) is 5.69 Å². The molecule has 0 radical (unpaired) electrons. The Bertz CT molecular complexity index is 251. The standard InChI is InChI=1S/C12H19NO/c1-2-3-4-5-6-9-12(14)11-8-7-10-13-11/h7-8,10,13H,2-6,9H2,1H3. The van der Waals surface area contributed by atoms with Crippen molar-refractivity contribution >= 4 is 5.78 Å². The Morgan fingerprint density at radius 3 is 2.71 bits per heavy atom. The molecule has 1 aromatic heterocycles. The summed E-state index contributed by atoms with van der Waals surface area (Å²) in [6.45, 7) is 2.20. The van der Waals surface area contributed by atoms with Gasteiger partial charge in [-0.25, -0.2) is 0 Å². The second-order valence-corrected chi connectivity index (χ2v) is 3.67. The van der Waals surface area contributed by atoms with Crippen LogP contribution in [-0.4, -0.2) is 10.8 Å². The molecule has 14 heavy (non-hydrogen) atoms. The van der Waals surface area contributed by atoms with E-state index in [2.05, 4.69) is 11.9 Å². The summed E-state index contributed by atoms with van der Waals surface area (Å²) in [5.74, 6) is 0.242. The second kappa shape index (κ2) is 6.41. The van der Waals surface area contributed by atoms with Crippen LogP contribution in [0.3, 0.4) is 0 Å². The molecule has 0 amide bonds. The molecule has 1 heterocycles. The van der Waals surface area contributed by atoms with E-state index in [4.69, 9.17) is 0 Å². The molecule has 0 saturated heterocycles. The zero-order valence-electron chi connectivity index (χ0n) is 8.88. The molecule has 0 saturated carbocycles. The summed E-state index contributed by atoms with van der Waals surface area (Å²) in [5, 5.41) is 0. The Hall–Kier alpha value is -1.05. The average Bonchev–Trinajstić information content (AvgIpc) is 2.70. The van der Waals surface area contributed by atoms with Crippen LogP contribution in [0.5, 0.6) is 0 Å². The Morgan fingerprint density at radius 2 is 2.07 bits per heavy atom. The third-order valence-electron chi connectivity index (χ3n) is 2.41. The van der Waals surface area contributed by atoms with Crippen molar-refractivity contribution in [2.45, 2.75) is 45.4 Å². The van der Waals surface area contributed by atoms with Crippen molar-refractivity contribution < 1.29 is 4.79 Å². The number of nitrogens with one attached hydrogen (secondary N) is 1. The number of ketones is 1. The van der Waals surface area contributed by atoms with Crippen molar-refractivity contribution in [1.29, 1.82) is 0 Å². The molecular weight excluding hydrogens is 174 g/mol. The summed E-state index contributed by atoms with van der Waals surface area (Å²) >= 11 is 0. The van der Waals surface area contributed by atoms with E-state index in [0.717, 1.165) is 12.1 Å². The normalized spacial score (nSPS) is 10.4.